The van der Waals surface area contributed by atoms with Gasteiger partial charge in [-0.25, -0.2) is 0 Å². The van der Waals surface area contributed by atoms with Crippen LogP contribution in [0.5, 0.6) is 0 Å². The number of aromatic nitrogens is 1. The quantitative estimate of drug-likeness (QED) is 0.819. The highest BCUT2D eigenvalue weighted by molar-refractivity contribution is 6.35. The molecule has 2 N–H and O–H groups in total. The van der Waals surface area contributed by atoms with Gasteiger partial charge in [0.05, 0.1) is 22.6 Å². The van der Waals surface area contributed by atoms with E-state index in [4.69, 9.17) is 11.6 Å². The fourth-order valence-corrected chi connectivity index (χ4v) is 2.33. The monoisotopic (exact) mass is 275 g/mol. The van der Waals surface area contributed by atoms with Crippen LogP contribution in [-0.4, -0.2) is 22.8 Å². The number of nitrogens with zero attached hydrogens (tertiary/aromatic N) is 1. The summed E-state index contributed by atoms with van der Waals surface area (Å²) >= 11 is 6.10. The van der Waals surface area contributed by atoms with Gasteiger partial charge in [0.2, 0.25) is 11.8 Å². The van der Waals surface area contributed by atoms with Crippen LogP contribution in [0.2, 0.25) is 5.02 Å². The Morgan fingerprint density at radius 2 is 2.16 bits per heavy atom. The van der Waals surface area contributed by atoms with Crippen molar-refractivity contribution < 1.29 is 9.59 Å². The average molecular weight is 276 g/mol. The summed E-state index contributed by atoms with van der Waals surface area (Å²) in [6, 6.07) is 6.59. The van der Waals surface area contributed by atoms with E-state index in [9.17, 15) is 9.59 Å². The van der Waals surface area contributed by atoms with Crippen molar-refractivity contribution in [2.24, 2.45) is 0 Å². The van der Waals surface area contributed by atoms with Crippen LogP contribution < -0.4 is 10.6 Å². The molecule has 2 aromatic rings. The Morgan fingerprint density at radius 1 is 1.32 bits per heavy atom. The van der Waals surface area contributed by atoms with Crippen LogP contribution in [0, 0.1) is 0 Å². The standard InChI is InChI=1S/C13H10ClN3O2/c14-8-3-4-9(12-7(8)2-1-5-15-12)16-10-6-11(18)17-13(10)19/h1-5,10,16H,6H2,(H,17,18,19). The van der Waals surface area contributed by atoms with Crippen LogP contribution in [-0.2, 0) is 9.59 Å². The Hall–Kier alpha value is -2.14. The number of hydrogen-bond donors (Lipinski definition) is 2. The summed E-state index contributed by atoms with van der Waals surface area (Å²) < 4.78 is 0. The molecule has 1 saturated heterocycles. The molecular formula is C13H10ClN3O2. The zero-order chi connectivity index (χ0) is 13.4. The summed E-state index contributed by atoms with van der Waals surface area (Å²) in [4.78, 5) is 27.0. The minimum absolute atomic E-state index is 0.135. The molecule has 1 aliphatic rings. The van der Waals surface area contributed by atoms with E-state index in [0.717, 1.165) is 5.39 Å². The second kappa shape index (κ2) is 4.51. The van der Waals surface area contributed by atoms with E-state index in [2.05, 4.69) is 15.6 Å². The minimum Gasteiger partial charge on any atom is -0.371 e. The maximum absolute atomic E-state index is 11.6. The number of anilines is 1. The zero-order valence-corrected chi connectivity index (χ0v) is 10.6. The topological polar surface area (TPSA) is 71.1 Å². The van der Waals surface area contributed by atoms with E-state index < -0.39 is 6.04 Å². The summed E-state index contributed by atoms with van der Waals surface area (Å²) in [6.07, 6.45) is 1.79. The molecule has 96 valence electrons. The van der Waals surface area contributed by atoms with Crippen molar-refractivity contribution >= 4 is 40.0 Å². The van der Waals surface area contributed by atoms with Gasteiger partial charge in [-0.15, -0.1) is 0 Å². The number of pyridine rings is 1. The van der Waals surface area contributed by atoms with Gasteiger partial charge in [0.15, 0.2) is 0 Å². The molecule has 1 atom stereocenters. The summed E-state index contributed by atoms with van der Waals surface area (Å²) in [5.41, 5.74) is 1.37. The van der Waals surface area contributed by atoms with Gasteiger partial charge in [0.1, 0.15) is 6.04 Å². The van der Waals surface area contributed by atoms with Crippen molar-refractivity contribution in [3.8, 4) is 0 Å². The highest BCUT2D eigenvalue weighted by atomic mass is 35.5. The molecule has 1 aromatic carbocycles. The normalized spacial score (nSPS) is 18.7. The zero-order valence-electron chi connectivity index (χ0n) is 9.81. The third-order valence-corrected chi connectivity index (χ3v) is 3.34. The van der Waals surface area contributed by atoms with Crippen LogP contribution in [0.3, 0.4) is 0 Å². The first-order valence-electron chi connectivity index (χ1n) is 5.78. The van der Waals surface area contributed by atoms with Crippen LogP contribution >= 0.6 is 11.6 Å². The maximum Gasteiger partial charge on any atom is 0.249 e. The Bertz CT molecular complexity index is 687. The van der Waals surface area contributed by atoms with Crippen molar-refractivity contribution in [3.05, 3.63) is 35.5 Å². The van der Waals surface area contributed by atoms with Crippen LogP contribution in [0.1, 0.15) is 6.42 Å². The van der Waals surface area contributed by atoms with Crippen LogP contribution in [0.4, 0.5) is 5.69 Å². The molecule has 1 fully saturated rings. The first-order chi connectivity index (χ1) is 9.15. The molecular weight excluding hydrogens is 266 g/mol. The number of carbonyl (C=O) groups excluding carboxylic acids is 2. The molecule has 0 radical (unpaired) electrons. The fourth-order valence-electron chi connectivity index (χ4n) is 2.11. The third kappa shape index (κ3) is 2.13. The molecule has 0 saturated carbocycles. The largest absolute Gasteiger partial charge is 0.371 e. The molecule has 0 spiro atoms. The van der Waals surface area contributed by atoms with Crippen molar-refractivity contribution in [3.63, 3.8) is 0 Å². The van der Waals surface area contributed by atoms with Gasteiger partial charge >= 0.3 is 0 Å². The van der Waals surface area contributed by atoms with E-state index in [1.54, 1.807) is 24.4 Å². The number of halogens is 1. The SMILES string of the molecule is O=C1CC(Nc2ccc(Cl)c3cccnc23)C(=O)N1. The molecule has 0 bridgehead atoms. The number of benzene rings is 1. The Morgan fingerprint density at radius 3 is 2.89 bits per heavy atom. The molecule has 5 nitrogen and oxygen atoms in total. The second-order valence-corrected chi connectivity index (χ2v) is 4.72. The van der Waals surface area contributed by atoms with Gasteiger partial charge in [0, 0.05) is 11.6 Å². The van der Waals surface area contributed by atoms with Gasteiger partial charge in [-0.1, -0.05) is 11.6 Å². The lowest BCUT2D eigenvalue weighted by atomic mass is 10.1. The van der Waals surface area contributed by atoms with E-state index in [1.807, 2.05) is 6.07 Å². The summed E-state index contributed by atoms with van der Waals surface area (Å²) in [6.45, 7) is 0. The second-order valence-electron chi connectivity index (χ2n) is 4.31. The lowest BCUT2D eigenvalue weighted by Crippen LogP contribution is -2.30. The van der Waals surface area contributed by atoms with E-state index in [0.29, 0.717) is 16.2 Å². The lowest BCUT2D eigenvalue weighted by molar-refractivity contribution is -0.124. The number of carbonyl (C=O) groups is 2. The predicted octanol–water partition coefficient (Wildman–Crippen LogP) is 1.72. The Balaban J connectivity index is 2.00. The number of amides is 2. The molecule has 1 unspecified atom stereocenters. The molecule has 1 aromatic heterocycles. The molecule has 19 heavy (non-hydrogen) atoms. The Labute approximate surface area is 114 Å². The van der Waals surface area contributed by atoms with Gasteiger partial charge < -0.3 is 5.32 Å². The predicted molar refractivity (Wildman–Crippen MR) is 71.9 cm³/mol. The van der Waals surface area contributed by atoms with Gasteiger partial charge in [-0.2, -0.15) is 0 Å². The van der Waals surface area contributed by atoms with Gasteiger partial charge in [0.25, 0.3) is 0 Å². The molecule has 2 heterocycles. The number of hydrogen-bond acceptors (Lipinski definition) is 4. The molecule has 1 aliphatic heterocycles. The smallest absolute Gasteiger partial charge is 0.249 e. The highest BCUT2D eigenvalue weighted by Crippen LogP contribution is 2.28. The number of rotatable bonds is 2. The summed E-state index contributed by atoms with van der Waals surface area (Å²) in [5, 5.41) is 6.70. The summed E-state index contributed by atoms with van der Waals surface area (Å²) in [7, 11) is 0. The molecule has 3 rings (SSSR count). The van der Waals surface area contributed by atoms with Gasteiger partial charge in [-0.3, -0.25) is 19.9 Å². The van der Waals surface area contributed by atoms with E-state index in [-0.39, 0.29) is 18.2 Å². The highest BCUT2D eigenvalue weighted by Gasteiger charge is 2.30. The van der Waals surface area contributed by atoms with Crippen molar-refractivity contribution in [2.45, 2.75) is 12.5 Å². The minimum atomic E-state index is -0.557. The van der Waals surface area contributed by atoms with E-state index >= 15 is 0 Å². The maximum atomic E-state index is 11.6. The summed E-state index contributed by atoms with van der Waals surface area (Å²) in [5.74, 6) is -0.585. The number of fused-ring (bicyclic) bond motifs is 1. The number of nitrogens with one attached hydrogen (secondary N) is 2. The van der Waals surface area contributed by atoms with Crippen molar-refractivity contribution in [1.82, 2.24) is 10.3 Å². The van der Waals surface area contributed by atoms with E-state index in [1.165, 1.54) is 0 Å². The molecule has 2 amide bonds. The third-order valence-electron chi connectivity index (χ3n) is 3.01. The molecule has 0 aliphatic carbocycles. The average Bonchev–Trinajstić information content (AvgIpc) is 2.72. The fraction of sp³-hybridized carbons (Fsp3) is 0.154. The van der Waals surface area contributed by atoms with Crippen LogP contribution in [0.15, 0.2) is 30.5 Å². The Kier molecular flexibility index (Phi) is 2.83. The first kappa shape index (κ1) is 11.9. The van der Waals surface area contributed by atoms with Crippen molar-refractivity contribution in [2.75, 3.05) is 5.32 Å². The first-order valence-corrected chi connectivity index (χ1v) is 6.16. The number of imide groups is 1. The lowest BCUT2D eigenvalue weighted by Gasteiger charge is -2.13. The van der Waals surface area contributed by atoms with Crippen LogP contribution in [0.25, 0.3) is 10.9 Å². The van der Waals surface area contributed by atoms with Crippen molar-refractivity contribution in [1.29, 1.82) is 0 Å². The van der Waals surface area contributed by atoms with Gasteiger partial charge in [-0.05, 0) is 24.3 Å². The molecule has 6 heteroatoms.